The highest BCUT2D eigenvalue weighted by Gasteiger charge is 2.29. The normalized spacial score (nSPS) is 17.6. The molecule has 1 N–H and O–H groups in total. The van der Waals surface area contributed by atoms with E-state index in [0.29, 0.717) is 6.54 Å². The smallest absolute Gasteiger partial charge is 0.260 e. The summed E-state index contributed by atoms with van der Waals surface area (Å²) >= 11 is 0. The number of pyridine rings is 1. The Morgan fingerprint density at radius 3 is 2.55 bits per heavy atom. The van der Waals surface area contributed by atoms with E-state index in [-0.39, 0.29) is 11.1 Å². The molecule has 0 unspecified atom stereocenters. The quantitative estimate of drug-likeness (QED) is 0.899. The van der Waals surface area contributed by atoms with Crippen molar-refractivity contribution in [1.82, 2.24) is 14.6 Å². The van der Waals surface area contributed by atoms with Gasteiger partial charge in [-0.2, -0.15) is 4.31 Å². The van der Waals surface area contributed by atoms with Crippen molar-refractivity contribution in [3.8, 4) is 0 Å². The van der Waals surface area contributed by atoms with E-state index in [1.165, 1.54) is 10.7 Å². The highest BCUT2D eigenvalue weighted by molar-refractivity contribution is 7.89. The molecule has 1 heterocycles. The minimum absolute atomic E-state index is 0.118. The van der Waals surface area contributed by atoms with Gasteiger partial charge in [0.15, 0.2) is 5.03 Å². The Bertz CT molecular complexity index is 522. The van der Waals surface area contributed by atoms with Crippen LogP contribution in [0.25, 0.3) is 0 Å². The molecule has 1 aromatic heterocycles. The van der Waals surface area contributed by atoms with Gasteiger partial charge in [-0.05, 0) is 31.5 Å². The van der Waals surface area contributed by atoms with Crippen LogP contribution in [0.4, 0.5) is 0 Å². The van der Waals surface area contributed by atoms with Gasteiger partial charge >= 0.3 is 0 Å². The van der Waals surface area contributed by atoms with Gasteiger partial charge in [-0.1, -0.05) is 25.3 Å². The van der Waals surface area contributed by atoms with Crippen LogP contribution >= 0.6 is 0 Å². The summed E-state index contributed by atoms with van der Waals surface area (Å²) in [6.07, 6.45) is 6.96. The van der Waals surface area contributed by atoms with Crippen molar-refractivity contribution in [2.45, 2.75) is 49.7 Å². The van der Waals surface area contributed by atoms with Crippen molar-refractivity contribution in [2.24, 2.45) is 0 Å². The Labute approximate surface area is 121 Å². The first kappa shape index (κ1) is 15.4. The lowest BCUT2D eigenvalue weighted by molar-refractivity contribution is 0.285. The molecule has 0 aliphatic heterocycles. The molecule has 1 aliphatic rings. The van der Waals surface area contributed by atoms with Gasteiger partial charge in [0.25, 0.3) is 10.0 Å². The van der Waals surface area contributed by atoms with Crippen LogP contribution in [0.5, 0.6) is 0 Å². The summed E-state index contributed by atoms with van der Waals surface area (Å²) in [5.74, 6) is 0. The van der Waals surface area contributed by atoms with Crippen LogP contribution in [0, 0.1) is 0 Å². The van der Waals surface area contributed by atoms with Crippen molar-refractivity contribution in [2.75, 3.05) is 14.1 Å². The average molecular weight is 297 g/mol. The fourth-order valence-electron chi connectivity index (χ4n) is 2.66. The molecule has 1 aromatic rings. The van der Waals surface area contributed by atoms with E-state index in [4.69, 9.17) is 0 Å². The minimum atomic E-state index is -3.47. The number of nitrogens with zero attached hydrogens (tertiary/aromatic N) is 2. The van der Waals surface area contributed by atoms with Crippen LogP contribution in [0.3, 0.4) is 0 Å². The fourth-order valence-corrected chi connectivity index (χ4v) is 3.98. The molecule has 112 valence electrons. The lowest BCUT2D eigenvalue weighted by Gasteiger charge is -2.30. The Kier molecular flexibility index (Phi) is 5.12. The zero-order chi connectivity index (χ0) is 14.6. The molecule has 0 bridgehead atoms. The SMILES string of the molecule is CNCc1ccc(S(=O)(=O)N(C)C2CCCCC2)nc1. The van der Waals surface area contributed by atoms with Gasteiger partial charge < -0.3 is 5.32 Å². The maximum Gasteiger partial charge on any atom is 0.260 e. The minimum Gasteiger partial charge on any atom is -0.316 e. The lowest BCUT2D eigenvalue weighted by atomic mass is 9.96. The monoisotopic (exact) mass is 297 g/mol. The molecular formula is C14H23N3O2S. The highest BCUT2D eigenvalue weighted by Crippen LogP contribution is 2.25. The number of hydrogen-bond donors (Lipinski definition) is 1. The second-order valence-corrected chi connectivity index (χ2v) is 7.29. The number of nitrogens with one attached hydrogen (secondary N) is 1. The van der Waals surface area contributed by atoms with E-state index in [0.717, 1.165) is 31.2 Å². The van der Waals surface area contributed by atoms with E-state index >= 15 is 0 Å². The van der Waals surface area contributed by atoms with E-state index in [1.807, 2.05) is 13.1 Å². The average Bonchev–Trinajstić information content (AvgIpc) is 2.48. The Morgan fingerprint density at radius 1 is 1.30 bits per heavy atom. The van der Waals surface area contributed by atoms with Crippen LogP contribution in [0.15, 0.2) is 23.4 Å². The molecule has 0 atom stereocenters. The van der Waals surface area contributed by atoms with Gasteiger partial charge in [-0.3, -0.25) is 0 Å². The fraction of sp³-hybridized carbons (Fsp3) is 0.643. The molecule has 1 saturated carbocycles. The third-order valence-electron chi connectivity index (χ3n) is 3.91. The summed E-state index contributed by atoms with van der Waals surface area (Å²) in [7, 11) is 0.0553. The van der Waals surface area contributed by atoms with Gasteiger partial charge in [-0.15, -0.1) is 0 Å². The molecule has 6 heteroatoms. The number of hydrogen-bond acceptors (Lipinski definition) is 4. The van der Waals surface area contributed by atoms with Gasteiger partial charge in [-0.25, -0.2) is 13.4 Å². The maximum atomic E-state index is 12.5. The summed E-state index contributed by atoms with van der Waals surface area (Å²) in [6.45, 7) is 0.686. The topological polar surface area (TPSA) is 62.3 Å². The van der Waals surface area contributed by atoms with E-state index < -0.39 is 10.0 Å². The molecule has 5 nitrogen and oxygen atoms in total. The summed E-state index contributed by atoms with van der Waals surface area (Å²) in [5.41, 5.74) is 0.978. The summed E-state index contributed by atoms with van der Waals surface area (Å²) in [4.78, 5) is 4.12. The van der Waals surface area contributed by atoms with Crippen LogP contribution in [-0.4, -0.2) is 37.8 Å². The first-order chi connectivity index (χ1) is 9.55. The number of aromatic nitrogens is 1. The molecule has 0 amide bonds. The highest BCUT2D eigenvalue weighted by atomic mass is 32.2. The summed E-state index contributed by atoms with van der Waals surface area (Å²) < 4.78 is 26.6. The predicted octanol–water partition coefficient (Wildman–Crippen LogP) is 1.75. The van der Waals surface area contributed by atoms with Gasteiger partial charge in [0.05, 0.1) is 0 Å². The standard InChI is InChI=1S/C14H23N3O2S/c1-15-10-12-8-9-14(16-11-12)20(18,19)17(2)13-6-4-3-5-7-13/h8-9,11,13,15H,3-7,10H2,1-2H3. The number of sulfonamides is 1. The molecule has 0 radical (unpaired) electrons. The molecule has 0 saturated heterocycles. The van der Waals surface area contributed by atoms with Gasteiger partial charge in [0.1, 0.15) is 0 Å². The molecule has 1 fully saturated rings. The third-order valence-corrected chi connectivity index (χ3v) is 5.74. The molecule has 1 aliphatic carbocycles. The van der Waals surface area contributed by atoms with E-state index in [9.17, 15) is 8.42 Å². The zero-order valence-electron chi connectivity index (χ0n) is 12.2. The van der Waals surface area contributed by atoms with Crippen molar-refractivity contribution in [3.05, 3.63) is 23.9 Å². The van der Waals surface area contributed by atoms with E-state index in [2.05, 4.69) is 10.3 Å². The van der Waals surface area contributed by atoms with E-state index in [1.54, 1.807) is 19.3 Å². The predicted molar refractivity (Wildman–Crippen MR) is 78.8 cm³/mol. The Morgan fingerprint density at radius 2 is 2.00 bits per heavy atom. The largest absolute Gasteiger partial charge is 0.316 e. The second-order valence-electron chi connectivity index (χ2n) is 5.35. The maximum absolute atomic E-state index is 12.5. The van der Waals surface area contributed by atoms with Crippen LogP contribution in [-0.2, 0) is 16.6 Å². The van der Waals surface area contributed by atoms with Crippen LogP contribution < -0.4 is 5.32 Å². The van der Waals surface area contributed by atoms with Crippen molar-refractivity contribution in [1.29, 1.82) is 0 Å². The van der Waals surface area contributed by atoms with Crippen LogP contribution in [0.1, 0.15) is 37.7 Å². The third kappa shape index (κ3) is 3.37. The molecule has 2 rings (SSSR count). The second kappa shape index (κ2) is 6.65. The summed E-state index contributed by atoms with van der Waals surface area (Å²) in [5, 5.41) is 3.16. The summed E-state index contributed by atoms with van der Waals surface area (Å²) in [6, 6.07) is 3.53. The first-order valence-corrected chi connectivity index (χ1v) is 8.57. The lowest BCUT2D eigenvalue weighted by Crippen LogP contribution is -2.38. The van der Waals surface area contributed by atoms with Crippen molar-refractivity contribution < 1.29 is 8.42 Å². The van der Waals surface area contributed by atoms with Crippen molar-refractivity contribution in [3.63, 3.8) is 0 Å². The molecule has 0 aromatic carbocycles. The van der Waals surface area contributed by atoms with Crippen LogP contribution in [0.2, 0.25) is 0 Å². The Balaban J connectivity index is 2.15. The first-order valence-electron chi connectivity index (χ1n) is 7.13. The number of rotatable bonds is 5. The molecule has 0 spiro atoms. The Hall–Kier alpha value is -0.980. The molecular weight excluding hydrogens is 274 g/mol. The molecule has 20 heavy (non-hydrogen) atoms. The van der Waals surface area contributed by atoms with Crippen molar-refractivity contribution >= 4 is 10.0 Å². The zero-order valence-corrected chi connectivity index (χ0v) is 13.0. The van der Waals surface area contributed by atoms with Gasteiger partial charge in [0.2, 0.25) is 0 Å². The van der Waals surface area contributed by atoms with Gasteiger partial charge in [0, 0.05) is 25.8 Å².